The molecule has 0 saturated carbocycles. The Hall–Kier alpha value is -2.79. The van der Waals surface area contributed by atoms with Gasteiger partial charge in [-0.25, -0.2) is 13.2 Å². The number of amides is 2. The second-order valence-corrected chi connectivity index (χ2v) is 13.2. The van der Waals surface area contributed by atoms with Gasteiger partial charge in [-0.15, -0.1) is 17.8 Å². The predicted octanol–water partition coefficient (Wildman–Crippen LogP) is 3.31. The average Bonchev–Trinajstić information content (AvgIpc) is 3.46. The molecule has 37 heavy (non-hydrogen) atoms. The van der Waals surface area contributed by atoms with Gasteiger partial charge in [-0.1, -0.05) is 33.2 Å². The molecule has 0 unspecified atom stereocenters. The monoisotopic (exact) mass is 623 g/mol. The highest BCUT2D eigenvalue weighted by Gasteiger charge is 2.29. The predicted molar refractivity (Wildman–Crippen MR) is 147 cm³/mol. The maximum atomic E-state index is 12.6. The second-order valence-electron chi connectivity index (χ2n) is 8.15. The number of carbonyl (C=O) groups is 3. The number of anilines is 1. The second kappa shape index (κ2) is 11.3. The summed E-state index contributed by atoms with van der Waals surface area (Å²) >= 11 is 5.84. The number of hydrogen-bond donors (Lipinski definition) is 1. The molecule has 2 heterocycles. The zero-order valence-electron chi connectivity index (χ0n) is 19.7. The summed E-state index contributed by atoms with van der Waals surface area (Å²) in [5.41, 5.74) is 1.89. The molecule has 1 aliphatic carbocycles. The van der Waals surface area contributed by atoms with Gasteiger partial charge in [0.1, 0.15) is 16.5 Å². The molecule has 1 N–H and O–H groups in total. The number of rotatable bonds is 8. The fraction of sp³-hybridized carbons (Fsp3) is 0.333. The maximum Gasteiger partial charge on any atom is 0.341 e. The first-order valence-corrected chi connectivity index (χ1v) is 15.5. The number of aromatic nitrogens is 1. The molecule has 0 aliphatic heterocycles. The summed E-state index contributed by atoms with van der Waals surface area (Å²) in [5.74, 6) is -1.67. The van der Waals surface area contributed by atoms with Crippen molar-refractivity contribution < 1.29 is 27.5 Å². The van der Waals surface area contributed by atoms with E-state index in [1.165, 1.54) is 22.7 Å². The largest absolute Gasteiger partial charge is 0.462 e. The van der Waals surface area contributed by atoms with Gasteiger partial charge in [0.05, 0.1) is 28.9 Å². The van der Waals surface area contributed by atoms with Crippen molar-refractivity contribution in [1.29, 1.82) is 0 Å². The Morgan fingerprint density at radius 3 is 2.76 bits per heavy atom. The van der Waals surface area contributed by atoms with Crippen LogP contribution in [-0.4, -0.2) is 48.9 Å². The summed E-state index contributed by atoms with van der Waals surface area (Å²) in [7, 11) is -4.14. The first-order chi connectivity index (χ1) is 17.6. The lowest BCUT2D eigenvalue weighted by atomic mass is 10.1. The van der Waals surface area contributed by atoms with E-state index in [1.54, 1.807) is 11.5 Å². The zero-order valence-corrected chi connectivity index (χ0v) is 23.7. The number of benzene rings is 1. The third kappa shape index (κ3) is 6.20. The quantitative estimate of drug-likeness (QED) is 0.303. The molecule has 1 aromatic carbocycles. The minimum absolute atomic E-state index is 0.149. The Morgan fingerprint density at radius 1 is 1.24 bits per heavy atom. The zero-order chi connectivity index (χ0) is 26.7. The van der Waals surface area contributed by atoms with Crippen LogP contribution in [0.5, 0.6) is 0 Å². The molecule has 3 aromatic rings. The van der Waals surface area contributed by atoms with E-state index in [-0.39, 0.29) is 28.5 Å². The Balaban J connectivity index is 1.50. The van der Waals surface area contributed by atoms with Crippen LogP contribution in [0.4, 0.5) is 5.00 Å². The van der Waals surface area contributed by atoms with Crippen molar-refractivity contribution in [1.82, 2.24) is 4.57 Å². The van der Waals surface area contributed by atoms with Crippen LogP contribution in [0.2, 0.25) is 0 Å². The molecule has 13 heteroatoms. The van der Waals surface area contributed by atoms with Crippen LogP contribution in [0.25, 0.3) is 10.2 Å². The van der Waals surface area contributed by atoms with E-state index in [1.807, 2.05) is 18.2 Å². The number of sulfone groups is 1. The summed E-state index contributed by atoms with van der Waals surface area (Å²) in [5, 5.41) is 2.81. The van der Waals surface area contributed by atoms with Gasteiger partial charge in [-0.3, -0.25) is 9.59 Å². The highest BCUT2D eigenvalue weighted by Crippen LogP contribution is 2.39. The van der Waals surface area contributed by atoms with E-state index >= 15 is 0 Å². The normalized spacial score (nSPS) is 13.4. The molecule has 0 spiro atoms. The molecular formula is C24H22BrN3O6S3. The number of terminal acetylenes is 1. The number of ether oxygens (including phenoxy) is 1. The van der Waals surface area contributed by atoms with Crippen molar-refractivity contribution in [3.63, 3.8) is 0 Å². The Kier molecular flexibility index (Phi) is 8.33. The van der Waals surface area contributed by atoms with Gasteiger partial charge >= 0.3 is 5.97 Å². The number of esters is 1. The number of aryl methyl sites for hydroxylation is 1. The summed E-state index contributed by atoms with van der Waals surface area (Å²) in [6.07, 6.45) is 7.84. The van der Waals surface area contributed by atoms with Gasteiger partial charge < -0.3 is 14.6 Å². The van der Waals surface area contributed by atoms with E-state index in [0.717, 1.165) is 38.0 Å². The van der Waals surface area contributed by atoms with Crippen LogP contribution in [0.3, 0.4) is 0 Å². The third-order valence-electron chi connectivity index (χ3n) is 5.46. The van der Waals surface area contributed by atoms with Gasteiger partial charge in [-0.2, -0.15) is 4.99 Å². The van der Waals surface area contributed by atoms with Gasteiger partial charge in [0.25, 0.3) is 5.91 Å². The summed E-state index contributed by atoms with van der Waals surface area (Å²) in [6.45, 7) is 2.01. The number of nitrogens with zero attached hydrogens (tertiary/aromatic N) is 2. The molecule has 0 atom stereocenters. The molecule has 0 fully saturated rings. The van der Waals surface area contributed by atoms with Crippen molar-refractivity contribution in [2.45, 2.75) is 32.7 Å². The summed E-state index contributed by atoms with van der Waals surface area (Å²) in [4.78, 5) is 42.9. The number of halogens is 1. The third-order valence-corrected chi connectivity index (χ3v) is 9.59. The van der Waals surface area contributed by atoms with Crippen LogP contribution >= 0.6 is 38.6 Å². The highest BCUT2D eigenvalue weighted by molar-refractivity contribution is 9.10. The molecule has 4 rings (SSSR count). The SMILES string of the molecule is C#CCn1c(=NC(=O)CS(=O)(=O)CC(=O)Nc2sc3c(c2C(=O)OCC)CCC3)sc2cc(Br)ccc21. The van der Waals surface area contributed by atoms with E-state index in [9.17, 15) is 22.8 Å². The number of carbonyl (C=O) groups excluding carboxylic acids is 3. The van der Waals surface area contributed by atoms with E-state index in [0.29, 0.717) is 6.42 Å². The average molecular weight is 625 g/mol. The molecule has 0 bridgehead atoms. The summed E-state index contributed by atoms with van der Waals surface area (Å²) < 4.78 is 33.7. The van der Waals surface area contributed by atoms with Gasteiger partial charge in [0.2, 0.25) is 5.91 Å². The van der Waals surface area contributed by atoms with E-state index < -0.39 is 39.1 Å². The topological polar surface area (TPSA) is 124 Å². The van der Waals surface area contributed by atoms with Crippen LogP contribution in [0, 0.1) is 12.3 Å². The number of fused-ring (bicyclic) bond motifs is 2. The minimum Gasteiger partial charge on any atom is -0.462 e. The van der Waals surface area contributed by atoms with E-state index in [4.69, 9.17) is 11.2 Å². The van der Waals surface area contributed by atoms with Crippen LogP contribution in [0.1, 0.15) is 34.1 Å². The molecule has 9 nitrogen and oxygen atoms in total. The molecule has 194 valence electrons. The highest BCUT2D eigenvalue weighted by atomic mass is 79.9. The molecule has 0 saturated heterocycles. The number of nitrogens with one attached hydrogen (secondary N) is 1. The Bertz CT molecular complexity index is 1630. The number of thiazole rings is 1. The minimum atomic E-state index is -4.14. The van der Waals surface area contributed by atoms with Gasteiger partial charge in [0, 0.05) is 9.35 Å². The van der Waals surface area contributed by atoms with Crippen LogP contribution in [-0.2, 0) is 43.5 Å². The summed E-state index contributed by atoms with van der Waals surface area (Å²) in [6, 6.07) is 5.50. The molecular weight excluding hydrogens is 602 g/mol. The number of thiophene rings is 1. The van der Waals surface area contributed by atoms with Crippen molar-refractivity contribution in [3.8, 4) is 12.3 Å². The molecule has 0 radical (unpaired) electrons. The van der Waals surface area contributed by atoms with Crippen molar-refractivity contribution in [2.75, 3.05) is 23.4 Å². The smallest absolute Gasteiger partial charge is 0.341 e. The molecule has 2 aromatic heterocycles. The Labute approximate surface area is 229 Å². The standard InChI is InChI=1S/C24H22BrN3O6S3/c1-3-10-28-16-9-8-14(25)11-18(16)36-24(28)27-20(30)13-37(32,33)12-19(29)26-22-21(23(31)34-4-2)15-6-5-7-17(15)35-22/h1,8-9,11H,4-7,10,12-13H2,2H3,(H,26,29). The maximum absolute atomic E-state index is 12.6. The first kappa shape index (κ1) is 27.3. The lowest BCUT2D eigenvalue weighted by molar-refractivity contribution is -0.115. The number of hydrogen-bond acceptors (Lipinski definition) is 8. The lowest BCUT2D eigenvalue weighted by Gasteiger charge is -2.08. The van der Waals surface area contributed by atoms with Crippen molar-refractivity contribution in [2.24, 2.45) is 4.99 Å². The van der Waals surface area contributed by atoms with Gasteiger partial charge in [-0.05, 0) is 49.9 Å². The van der Waals surface area contributed by atoms with Crippen molar-refractivity contribution >= 4 is 81.4 Å². The van der Waals surface area contributed by atoms with Crippen LogP contribution < -0.4 is 10.1 Å². The fourth-order valence-electron chi connectivity index (χ4n) is 4.03. The van der Waals surface area contributed by atoms with Gasteiger partial charge in [0.15, 0.2) is 14.6 Å². The van der Waals surface area contributed by atoms with Crippen molar-refractivity contribution in [3.05, 3.63) is 43.5 Å². The Morgan fingerprint density at radius 2 is 2.03 bits per heavy atom. The molecule has 2 amide bonds. The lowest BCUT2D eigenvalue weighted by Crippen LogP contribution is -2.28. The fourth-order valence-corrected chi connectivity index (χ4v) is 7.94. The van der Waals surface area contributed by atoms with E-state index in [2.05, 4.69) is 32.2 Å². The first-order valence-electron chi connectivity index (χ1n) is 11.2. The molecule has 1 aliphatic rings. The van der Waals surface area contributed by atoms with Crippen LogP contribution in [0.15, 0.2) is 27.7 Å².